The molecule has 1 heterocycles. The van der Waals surface area contributed by atoms with E-state index in [1.54, 1.807) is 6.92 Å². The van der Waals surface area contributed by atoms with Gasteiger partial charge in [0.05, 0.1) is 11.0 Å². The van der Waals surface area contributed by atoms with E-state index in [1.165, 1.54) is 12.1 Å². The molecule has 0 aliphatic carbocycles. The van der Waals surface area contributed by atoms with Gasteiger partial charge in [-0.2, -0.15) is 0 Å². The number of rotatable bonds is 3. The molecule has 1 aliphatic rings. The molecule has 1 aromatic rings. The van der Waals surface area contributed by atoms with Crippen LogP contribution in [0.1, 0.15) is 31.2 Å². The average Bonchev–Trinajstić information content (AvgIpc) is 2.71. The fraction of sp³-hybridized carbons (Fsp3) is 0.500. The number of anilines is 1. The molecule has 1 amide bonds. The summed E-state index contributed by atoms with van der Waals surface area (Å²) >= 11 is 5.88. The molecule has 0 spiro atoms. The number of hydrogen-bond donors (Lipinski definition) is 2. The first kappa shape index (κ1) is 15.7. The van der Waals surface area contributed by atoms with Crippen LogP contribution >= 0.6 is 11.6 Å². The van der Waals surface area contributed by atoms with Crippen LogP contribution in [0.4, 0.5) is 11.4 Å². The van der Waals surface area contributed by atoms with E-state index in [9.17, 15) is 14.9 Å². The Hall–Kier alpha value is -1.66. The maximum Gasteiger partial charge on any atom is 0.288 e. The molecule has 21 heavy (non-hydrogen) atoms. The molecular weight excluding hydrogens is 294 g/mol. The van der Waals surface area contributed by atoms with E-state index in [-0.39, 0.29) is 22.7 Å². The van der Waals surface area contributed by atoms with E-state index < -0.39 is 4.92 Å². The minimum Gasteiger partial charge on any atom is -0.324 e. The predicted molar refractivity (Wildman–Crippen MR) is 81.7 cm³/mol. The van der Waals surface area contributed by atoms with Crippen molar-refractivity contribution in [1.29, 1.82) is 0 Å². The highest BCUT2D eigenvalue weighted by Crippen LogP contribution is 2.30. The largest absolute Gasteiger partial charge is 0.324 e. The third kappa shape index (κ3) is 3.92. The summed E-state index contributed by atoms with van der Waals surface area (Å²) < 4.78 is 0. The molecule has 1 unspecified atom stereocenters. The van der Waals surface area contributed by atoms with Crippen molar-refractivity contribution in [3.8, 4) is 0 Å². The number of hydrogen-bond acceptors (Lipinski definition) is 4. The molecule has 1 saturated heterocycles. The quantitative estimate of drug-likeness (QED) is 0.664. The van der Waals surface area contributed by atoms with Crippen LogP contribution in [-0.4, -0.2) is 23.4 Å². The monoisotopic (exact) mass is 311 g/mol. The fourth-order valence-electron chi connectivity index (χ4n) is 2.41. The van der Waals surface area contributed by atoms with E-state index in [4.69, 9.17) is 11.6 Å². The molecular formula is C14H18ClN3O3. The third-order valence-electron chi connectivity index (χ3n) is 3.63. The topological polar surface area (TPSA) is 84.3 Å². The maximum absolute atomic E-state index is 12.3. The molecule has 2 rings (SSSR count). The molecule has 7 heteroatoms. The van der Waals surface area contributed by atoms with Gasteiger partial charge >= 0.3 is 0 Å². The van der Waals surface area contributed by atoms with E-state index in [2.05, 4.69) is 10.6 Å². The second-order valence-corrected chi connectivity index (χ2v) is 5.63. The van der Waals surface area contributed by atoms with Gasteiger partial charge in [-0.05, 0) is 37.9 Å². The number of nitro benzene ring substituents is 1. The number of halogens is 1. The molecule has 2 N–H and O–H groups in total. The van der Waals surface area contributed by atoms with E-state index in [1.807, 2.05) is 0 Å². The highest BCUT2D eigenvalue weighted by molar-refractivity contribution is 6.33. The Morgan fingerprint density at radius 2 is 2.19 bits per heavy atom. The van der Waals surface area contributed by atoms with Gasteiger partial charge in [-0.1, -0.05) is 24.4 Å². The average molecular weight is 312 g/mol. The van der Waals surface area contributed by atoms with Crippen molar-refractivity contribution < 1.29 is 9.72 Å². The van der Waals surface area contributed by atoms with Gasteiger partial charge in [0.1, 0.15) is 5.02 Å². The highest BCUT2D eigenvalue weighted by atomic mass is 35.5. The molecule has 1 aliphatic heterocycles. The lowest BCUT2D eigenvalue weighted by Crippen LogP contribution is -2.39. The van der Waals surface area contributed by atoms with Crippen molar-refractivity contribution in [2.45, 2.75) is 38.6 Å². The number of carbonyl (C=O) groups excluding carboxylic acids is 1. The van der Waals surface area contributed by atoms with Gasteiger partial charge in [-0.25, -0.2) is 0 Å². The molecule has 1 aromatic carbocycles. The normalized spacial score (nSPS) is 18.9. The second kappa shape index (κ2) is 6.87. The SMILES string of the molecule is Cc1cc([N+](=O)[O-])c(Cl)cc1NC(=O)C1CCCCCN1. The number of amides is 1. The van der Waals surface area contributed by atoms with E-state index in [0.717, 1.165) is 32.2 Å². The lowest BCUT2D eigenvalue weighted by molar-refractivity contribution is -0.384. The minimum absolute atomic E-state index is 0.0229. The van der Waals surface area contributed by atoms with Crippen LogP contribution in [0.5, 0.6) is 0 Å². The Bertz CT molecular complexity index is 555. The van der Waals surface area contributed by atoms with Crippen molar-refractivity contribution in [1.82, 2.24) is 5.32 Å². The highest BCUT2D eigenvalue weighted by Gasteiger charge is 2.21. The van der Waals surface area contributed by atoms with Gasteiger partial charge in [0.15, 0.2) is 0 Å². The number of carbonyl (C=O) groups is 1. The standard InChI is InChI=1S/C14H18ClN3O3/c1-9-7-13(18(20)21)10(15)8-12(9)17-14(19)11-5-3-2-4-6-16-11/h7-8,11,16H,2-6H2,1H3,(H,17,19). The summed E-state index contributed by atoms with van der Waals surface area (Å²) in [6.07, 6.45) is 4.02. The summed E-state index contributed by atoms with van der Waals surface area (Å²) in [5, 5.41) is 16.9. The summed E-state index contributed by atoms with van der Waals surface area (Å²) in [6, 6.07) is 2.59. The number of aryl methyl sites for hydroxylation is 1. The number of nitro groups is 1. The summed E-state index contributed by atoms with van der Waals surface area (Å²) in [5.74, 6) is -0.120. The van der Waals surface area contributed by atoms with Crippen LogP contribution in [0.15, 0.2) is 12.1 Å². The Morgan fingerprint density at radius 1 is 1.43 bits per heavy atom. The van der Waals surface area contributed by atoms with E-state index in [0.29, 0.717) is 11.3 Å². The van der Waals surface area contributed by atoms with Crippen LogP contribution in [0.25, 0.3) is 0 Å². The van der Waals surface area contributed by atoms with Crippen molar-refractivity contribution in [3.63, 3.8) is 0 Å². The van der Waals surface area contributed by atoms with Crippen molar-refractivity contribution in [3.05, 3.63) is 32.8 Å². The number of nitrogens with zero attached hydrogens (tertiary/aromatic N) is 1. The third-order valence-corrected chi connectivity index (χ3v) is 3.93. The van der Waals surface area contributed by atoms with Crippen LogP contribution in [0.3, 0.4) is 0 Å². The first-order valence-electron chi connectivity index (χ1n) is 6.98. The predicted octanol–water partition coefficient (Wildman–Crippen LogP) is 3.03. The van der Waals surface area contributed by atoms with Gasteiger partial charge in [0.25, 0.3) is 5.69 Å². The van der Waals surface area contributed by atoms with Crippen LogP contribution in [0.2, 0.25) is 5.02 Å². The Balaban J connectivity index is 2.13. The summed E-state index contributed by atoms with van der Waals surface area (Å²) in [4.78, 5) is 22.5. The van der Waals surface area contributed by atoms with Crippen molar-refractivity contribution in [2.75, 3.05) is 11.9 Å². The molecule has 1 fully saturated rings. The first-order valence-corrected chi connectivity index (χ1v) is 7.35. The van der Waals surface area contributed by atoms with Gasteiger partial charge in [-0.3, -0.25) is 14.9 Å². The van der Waals surface area contributed by atoms with Crippen LogP contribution in [0, 0.1) is 17.0 Å². The molecule has 114 valence electrons. The number of nitrogens with one attached hydrogen (secondary N) is 2. The lowest BCUT2D eigenvalue weighted by Gasteiger charge is -2.16. The molecule has 0 radical (unpaired) electrons. The van der Waals surface area contributed by atoms with Gasteiger partial charge in [-0.15, -0.1) is 0 Å². The zero-order valence-corrected chi connectivity index (χ0v) is 12.6. The van der Waals surface area contributed by atoms with Gasteiger partial charge < -0.3 is 10.6 Å². The Kier molecular flexibility index (Phi) is 5.14. The molecule has 0 aromatic heterocycles. The zero-order chi connectivity index (χ0) is 15.4. The minimum atomic E-state index is -0.534. The van der Waals surface area contributed by atoms with Crippen molar-refractivity contribution >= 4 is 28.9 Å². The molecule has 6 nitrogen and oxygen atoms in total. The van der Waals surface area contributed by atoms with Gasteiger partial charge in [0, 0.05) is 11.8 Å². The molecule has 0 bridgehead atoms. The van der Waals surface area contributed by atoms with Gasteiger partial charge in [0.2, 0.25) is 5.91 Å². The molecule has 0 saturated carbocycles. The maximum atomic E-state index is 12.3. The summed E-state index contributed by atoms with van der Waals surface area (Å²) in [7, 11) is 0. The Labute approximate surface area is 128 Å². The zero-order valence-electron chi connectivity index (χ0n) is 11.8. The summed E-state index contributed by atoms with van der Waals surface area (Å²) in [6.45, 7) is 2.54. The fourth-order valence-corrected chi connectivity index (χ4v) is 2.65. The summed E-state index contributed by atoms with van der Waals surface area (Å²) in [5.41, 5.74) is 0.981. The lowest BCUT2D eigenvalue weighted by atomic mass is 10.1. The van der Waals surface area contributed by atoms with Crippen LogP contribution in [-0.2, 0) is 4.79 Å². The van der Waals surface area contributed by atoms with Crippen molar-refractivity contribution in [2.24, 2.45) is 0 Å². The first-order chi connectivity index (χ1) is 9.99. The Morgan fingerprint density at radius 3 is 2.90 bits per heavy atom. The van der Waals surface area contributed by atoms with E-state index >= 15 is 0 Å². The second-order valence-electron chi connectivity index (χ2n) is 5.22. The van der Waals surface area contributed by atoms with Crippen LogP contribution < -0.4 is 10.6 Å². The number of benzene rings is 1. The smallest absolute Gasteiger partial charge is 0.288 e. The molecule has 1 atom stereocenters.